The number of benzene rings is 1. The third kappa shape index (κ3) is 6.11. The summed E-state index contributed by atoms with van der Waals surface area (Å²) in [5.41, 5.74) is 2.61. The van der Waals surface area contributed by atoms with E-state index in [1.54, 1.807) is 0 Å². The summed E-state index contributed by atoms with van der Waals surface area (Å²) >= 11 is 0. The van der Waals surface area contributed by atoms with E-state index < -0.39 is 0 Å². The maximum absolute atomic E-state index is 10.2. The highest BCUT2D eigenvalue weighted by molar-refractivity contribution is 5.41. The third-order valence-electron chi connectivity index (χ3n) is 4.54. The molecule has 1 atom stereocenters. The van der Waals surface area contributed by atoms with Gasteiger partial charge < -0.3 is 5.11 Å². The average Bonchev–Trinajstić information content (AvgIpc) is 2.49. The van der Waals surface area contributed by atoms with Crippen LogP contribution < -0.4 is 0 Å². The van der Waals surface area contributed by atoms with Crippen molar-refractivity contribution in [3.05, 3.63) is 29.3 Å². The Morgan fingerprint density at radius 2 is 1.62 bits per heavy atom. The summed E-state index contributed by atoms with van der Waals surface area (Å²) in [6, 6.07) is 6.10. The summed E-state index contributed by atoms with van der Waals surface area (Å²) in [4.78, 5) is 0. The zero-order valence-corrected chi connectivity index (χ0v) is 14.3. The van der Waals surface area contributed by atoms with Crippen molar-refractivity contribution in [1.29, 1.82) is 0 Å². The van der Waals surface area contributed by atoms with Crippen molar-refractivity contribution >= 4 is 0 Å². The SMILES string of the molecule is CCCCCCCCc1c(O)cccc1C(CC)CCC. The van der Waals surface area contributed by atoms with E-state index in [0.29, 0.717) is 11.7 Å². The van der Waals surface area contributed by atoms with E-state index in [2.05, 4.69) is 26.8 Å². The summed E-state index contributed by atoms with van der Waals surface area (Å²) < 4.78 is 0. The number of rotatable bonds is 11. The first-order valence-corrected chi connectivity index (χ1v) is 9.05. The van der Waals surface area contributed by atoms with E-state index >= 15 is 0 Å². The fraction of sp³-hybridized carbons (Fsp3) is 0.700. The van der Waals surface area contributed by atoms with Crippen LogP contribution in [-0.4, -0.2) is 5.11 Å². The number of phenolic OH excluding ortho intramolecular Hbond substituents is 1. The van der Waals surface area contributed by atoms with Crippen molar-refractivity contribution in [2.75, 3.05) is 0 Å². The molecule has 1 aromatic rings. The van der Waals surface area contributed by atoms with Crippen LogP contribution in [0.4, 0.5) is 0 Å². The van der Waals surface area contributed by atoms with Gasteiger partial charge in [-0.15, -0.1) is 0 Å². The lowest BCUT2D eigenvalue weighted by Gasteiger charge is -2.19. The lowest BCUT2D eigenvalue weighted by Crippen LogP contribution is -2.03. The molecule has 1 heteroatoms. The van der Waals surface area contributed by atoms with E-state index in [9.17, 15) is 5.11 Å². The molecule has 1 rings (SSSR count). The van der Waals surface area contributed by atoms with Gasteiger partial charge in [-0.05, 0) is 48.8 Å². The molecule has 0 spiro atoms. The first kappa shape index (κ1) is 18.1. The predicted molar refractivity (Wildman–Crippen MR) is 93.1 cm³/mol. The minimum atomic E-state index is 0.510. The summed E-state index contributed by atoms with van der Waals surface area (Å²) in [5.74, 6) is 1.12. The van der Waals surface area contributed by atoms with Crippen LogP contribution in [0.3, 0.4) is 0 Å². The molecule has 0 aliphatic carbocycles. The minimum Gasteiger partial charge on any atom is -0.508 e. The molecule has 0 amide bonds. The molecule has 1 aromatic carbocycles. The summed E-state index contributed by atoms with van der Waals surface area (Å²) in [6.45, 7) is 6.77. The van der Waals surface area contributed by atoms with Crippen molar-refractivity contribution < 1.29 is 5.11 Å². The van der Waals surface area contributed by atoms with Crippen LogP contribution in [0.25, 0.3) is 0 Å². The van der Waals surface area contributed by atoms with E-state index in [-0.39, 0.29) is 0 Å². The Labute approximate surface area is 131 Å². The van der Waals surface area contributed by atoms with E-state index in [1.807, 2.05) is 12.1 Å². The number of aromatic hydroxyl groups is 1. The molecule has 1 unspecified atom stereocenters. The topological polar surface area (TPSA) is 20.2 Å². The zero-order chi connectivity index (χ0) is 15.5. The largest absolute Gasteiger partial charge is 0.508 e. The molecular weight excluding hydrogens is 256 g/mol. The Kier molecular flexibility index (Phi) is 9.21. The van der Waals surface area contributed by atoms with Gasteiger partial charge in [-0.3, -0.25) is 0 Å². The van der Waals surface area contributed by atoms with Gasteiger partial charge in [0.15, 0.2) is 0 Å². The van der Waals surface area contributed by atoms with Crippen molar-refractivity contribution in [3.63, 3.8) is 0 Å². The third-order valence-corrected chi connectivity index (χ3v) is 4.54. The number of hydrogen-bond acceptors (Lipinski definition) is 1. The zero-order valence-electron chi connectivity index (χ0n) is 14.3. The molecule has 0 aromatic heterocycles. The van der Waals surface area contributed by atoms with Gasteiger partial charge in [0.25, 0.3) is 0 Å². The van der Waals surface area contributed by atoms with Gasteiger partial charge in [0.05, 0.1) is 0 Å². The molecule has 1 N–H and O–H groups in total. The van der Waals surface area contributed by atoms with Crippen LogP contribution in [0.5, 0.6) is 5.75 Å². The first-order chi connectivity index (χ1) is 10.2. The van der Waals surface area contributed by atoms with E-state index in [1.165, 1.54) is 68.9 Å². The van der Waals surface area contributed by atoms with Gasteiger partial charge in [0, 0.05) is 0 Å². The second-order valence-corrected chi connectivity index (χ2v) is 6.26. The molecule has 0 fully saturated rings. The smallest absolute Gasteiger partial charge is 0.119 e. The summed E-state index contributed by atoms with van der Waals surface area (Å²) in [7, 11) is 0. The van der Waals surface area contributed by atoms with Gasteiger partial charge in [0.2, 0.25) is 0 Å². The van der Waals surface area contributed by atoms with Gasteiger partial charge in [-0.2, -0.15) is 0 Å². The fourth-order valence-electron chi connectivity index (χ4n) is 3.26. The lowest BCUT2D eigenvalue weighted by atomic mass is 9.86. The number of phenols is 1. The molecule has 0 saturated carbocycles. The fourth-order valence-corrected chi connectivity index (χ4v) is 3.26. The molecule has 0 saturated heterocycles. The average molecular weight is 290 g/mol. The molecule has 0 heterocycles. The van der Waals surface area contributed by atoms with Gasteiger partial charge in [-0.1, -0.05) is 71.4 Å². The summed E-state index contributed by atoms with van der Waals surface area (Å²) in [6.07, 6.45) is 12.5. The monoisotopic (exact) mass is 290 g/mol. The molecule has 0 aliphatic rings. The Morgan fingerprint density at radius 3 is 2.29 bits per heavy atom. The highest BCUT2D eigenvalue weighted by atomic mass is 16.3. The Bertz CT molecular complexity index is 383. The van der Waals surface area contributed by atoms with Crippen LogP contribution in [0.2, 0.25) is 0 Å². The molecule has 0 bridgehead atoms. The first-order valence-electron chi connectivity index (χ1n) is 9.05. The van der Waals surface area contributed by atoms with Crippen LogP contribution in [-0.2, 0) is 6.42 Å². The van der Waals surface area contributed by atoms with Crippen LogP contribution in [0.1, 0.15) is 95.6 Å². The number of unbranched alkanes of at least 4 members (excludes halogenated alkanes) is 5. The van der Waals surface area contributed by atoms with Crippen molar-refractivity contribution in [1.82, 2.24) is 0 Å². The highest BCUT2D eigenvalue weighted by Crippen LogP contribution is 2.33. The normalized spacial score (nSPS) is 12.5. The van der Waals surface area contributed by atoms with Gasteiger partial charge in [0.1, 0.15) is 5.75 Å². The quantitative estimate of drug-likeness (QED) is 0.456. The van der Waals surface area contributed by atoms with Crippen LogP contribution in [0, 0.1) is 0 Å². The molecule has 0 aliphatic heterocycles. The Morgan fingerprint density at radius 1 is 0.905 bits per heavy atom. The molecule has 0 radical (unpaired) electrons. The standard InChI is InChI=1S/C20H34O/c1-4-7-8-9-10-11-14-19-18(15-12-16-20(19)21)17(6-3)13-5-2/h12,15-17,21H,4-11,13-14H2,1-3H3. The van der Waals surface area contributed by atoms with Gasteiger partial charge in [-0.25, -0.2) is 0 Å². The molecule has 1 nitrogen and oxygen atoms in total. The van der Waals surface area contributed by atoms with E-state index in [0.717, 1.165) is 6.42 Å². The van der Waals surface area contributed by atoms with Crippen LogP contribution >= 0.6 is 0 Å². The van der Waals surface area contributed by atoms with Crippen molar-refractivity contribution in [2.24, 2.45) is 0 Å². The van der Waals surface area contributed by atoms with Crippen molar-refractivity contribution in [2.45, 2.75) is 90.9 Å². The second-order valence-electron chi connectivity index (χ2n) is 6.26. The molecule has 21 heavy (non-hydrogen) atoms. The highest BCUT2D eigenvalue weighted by Gasteiger charge is 2.15. The van der Waals surface area contributed by atoms with Crippen LogP contribution in [0.15, 0.2) is 18.2 Å². The minimum absolute atomic E-state index is 0.510. The Hall–Kier alpha value is -0.980. The summed E-state index contributed by atoms with van der Waals surface area (Å²) in [5, 5.41) is 10.2. The number of hydrogen-bond donors (Lipinski definition) is 1. The maximum atomic E-state index is 10.2. The molecular formula is C20H34O. The van der Waals surface area contributed by atoms with E-state index in [4.69, 9.17) is 0 Å². The van der Waals surface area contributed by atoms with Gasteiger partial charge >= 0.3 is 0 Å². The Balaban J connectivity index is 2.62. The maximum Gasteiger partial charge on any atom is 0.119 e. The lowest BCUT2D eigenvalue weighted by molar-refractivity contribution is 0.461. The molecule has 120 valence electrons. The predicted octanol–water partition coefficient (Wildman–Crippen LogP) is 6.59. The van der Waals surface area contributed by atoms with Crippen molar-refractivity contribution in [3.8, 4) is 5.75 Å². The second kappa shape index (κ2) is 10.7.